The first-order valence-corrected chi connectivity index (χ1v) is 8.80. The highest BCUT2D eigenvalue weighted by molar-refractivity contribution is 7.16. The number of hydrogen-bond acceptors (Lipinski definition) is 5. The van der Waals surface area contributed by atoms with E-state index >= 15 is 0 Å². The Balaban J connectivity index is 2.08. The summed E-state index contributed by atoms with van der Waals surface area (Å²) in [7, 11) is 3.83. The number of fused-ring (bicyclic) bond motifs is 1. The monoisotopic (exact) mass is 380 g/mol. The summed E-state index contributed by atoms with van der Waals surface area (Å²) in [6.45, 7) is 0.212. The molecule has 0 radical (unpaired) electrons. The Morgan fingerprint density at radius 2 is 2.00 bits per heavy atom. The Hall–Kier alpha value is -3.44. The number of anilines is 1. The Kier molecular flexibility index (Phi) is 5.05. The van der Waals surface area contributed by atoms with Crippen LogP contribution in [0.1, 0.15) is 10.4 Å². The van der Waals surface area contributed by atoms with Gasteiger partial charge in [-0.15, -0.1) is 6.42 Å². The van der Waals surface area contributed by atoms with Crippen LogP contribution >= 0.6 is 11.3 Å². The van der Waals surface area contributed by atoms with Gasteiger partial charge < -0.3 is 9.47 Å². The maximum absolute atomic E-state index is 12.6. The zero-order valence-electron chi connectivity index (χ0n) is 14.7. The predicted octanol–water partition coefficient (Wildman–Crippen LogP) is 3.05. The third-order valence-corrected chi connectivity index (χ3v) is 5.00. The molecule has 0 aliphatic heterocycles. The number of non-ortho nitro benzene ring substituents is 1. The lowest BCUT2D eigenvalue weighted by molar-refractivity contribution is -0.384. The SMILES string of the molecule is C#CCn1c(=NC(=O)c2ccc(N(C)C)cc2)sc2cc([N+](=O)[O-])ccc21. The van der Waals surface area contributed by atoms with Gasteiger partial charge in [0.25, 0.3) is 11.6 Å². The zero-order valence-corrected chi connectivity index (χ0v) is 15.6. The molecule has 1 aromatic heterocycles. The van der Waals surface area contributed by atoms with E-state index in [4.69, 9.17) is 6.42 Å². The van der Waals surface area contributed by atoms with Gasteiger partial charge in [0, 0.05) is 37.5 Å². The number of hydrogen-bond donors (Lipinski definition) is 0. The van der Waals surface area contributed by atoms with E-state index < -0.39 is 10.8 Å². The summed E-state index contributed by atoms with van der Waals surface area (Å²) >= 11 is 1.19. The van der Waals surface area contributed by atoms with Gasteiger partial charge in [-0.3, -0.25) is 14.9 Å². The molecule has 0 saturated carbocycles. The zero-order chi connectivity index (χ0) is 19.6. The first-order chi connectivity index (χ1) is 12.9. The van der Waals surface area contributed by atoms with Gasteiger partial charge in [0.2, 0.25) is 0 Å². The summed E-state index contributed by atoms with van der Waals surface area (Å²) in [6.07, 6.45) is 5.44. The first-order valence-electron chi connectivity index (χ1n) is 7.98. The number of terminal acetylenes is 1. The average molecular weight is 380 g/mol. The van der Waals surface area contributed by atoms with Crippen LogP contribution in [-0.4, -0.2) is 29.5 Å². The van der Waals surface area contributed by atoms with Gasteiger partial charge in [-0.25, -0.2) is 0 Å². The fourth-order valence-electron chi connectivity index (χ4n) is 2.56. The molecule has 0 aliphatic carbocycles. The number of nitro benzene ring substituents is 1. The van der Waals surface area contributed by atoms with Crippen molar-refractivity contribution in [1.82, 2.24) is 4.57 Å². The van der Waals surface area contributed by atoms with Crippen LogP contribution in [0.25, 0.3) is 10.2 Å². The lowest BCUT2D eigenvalue weighted by atomic mass is 10.2. The van der Waals surface area contributed by atoms with Crippen LogP contribution in [0.15, 0.2) is 47.5 Å². The largest absolute Gasteiger partial charge is 0.378 e. The summed E-state index contributed by atoms with van der Waals surface area (Å²) in [6, 6.07) is 11.6. The van der Waals surface area contributed by atoms with Gasteiger partial charge in [0.15, 0.2) is 4.80 Å². The van der Waals surface area contributed by atoms with Crippen LogP contribution in [0.2, 0.25) is 0 Å². The Bertz CT molecular complexity index is 1130. The molecule has 0 atom stereocenters. The minimum atomic E-state index is -0.459. The molecule has 7 nitrogen and oxygen atoms in total. The molecule has 2 aromatic carbocycles. The molecule has 0 unspecified atom stereocenters. The smallest absolute Gasteiger partial charge is 0.279 e. The molecule has 1 heterocycles. The van der Waals surface area contributed by atoms with Crippen LogP contribution in [0, 0.1) is 22.5 Å². The second kappa shape index (κ2) is 7.43. The molecule has 0 aliphatic rings. The average Bonchev–Trinajstić information content (AvgIpc) is 2.98. The molecule has 0 fully saturated rings. The Labute approximate surface area is 159 Å². The molecule has 27 heavy (non-hydrogen) atoms. The van der Waals surface area contributed by atoms with Gasteiger partial charge >= 0.3 is 0 Å². The van der Waals surface area contributed by atoms with E-state index in [2.05, 4.69) is 10.9 Å². The van der Waals surface area contributed by atoms with Gasteiger partial charge in [0.1, 0.15) is 0 Å². The third kappa shape index (κ3) is 3.73. The van der Waals surface area contributed by atoms with E-state index in [0.717, 1.165) is 5.69 Å². The van der Waals surface area contributed by atoms with Crippen LogP contribution in [0.3, 0.4) is 0 Å². The van der Waals surface area contributed by atoms with Gasteiger partial charge in [-0.05, 0) is 30.3 Å². The van der Waals surface area contributed by atoms with Crippen molar-refractivity contribution in [2.75, 3.05) is 19.0 Å². The molecule has 0 N–H and O–H groups in total. The van der Waals surface area contributed by atoms with Crippen LogP contribution in [-0.2, 0) is 6.54 Å². The van der Waals surface area contributed by atoms with E-state index in [9.17, 15) is 14.9 Å². The second-order valence-corrected chi connectivity index (χ2v) is 6.95. The molecular weight excluding hydrogens is 364 g/mol. The van der Waals surface area contributed by atoms with Crippen LogP contribution < -0.4 is 9.70 Å². The molecule has 0 spiro atoms. The third-order valence-electron chi connectivity index (χ3n) is 3.95. The molecule has 3 aromatic rings. The minimum absolute atomic E-state index is 0.0197. The number of carbonyl (C=O) groups excluding carboxylic acids is 1. The van der Waals surface area contributed by atoms with Gasteiger partial charge in [-0.1, -0.05) is 17.3 Å². The normalized spacial score (nSPS) is 11.4. The second-order valence-electron chi connectivity index (χ2n) is 5.94. The molecular formula is C19H16N4O3S. The quantitative estimate of drug-likeness (QED) is 0.396. The van der Waals surface area contributed by atoms with Crippen molar-refractivity contribution in [3.63, 3.8) is 0 Å². The maximum atomic E-state index is 12.6. The summed E-state index contributed by atoms with van der Waals surface area (Å²) in [5.41, 5.74) is 2.12. The molecule has 8 heteroatoms. The van der Waals surface area contributed by atoms with Crippen molar-refractivity contribution >= 4 is 38.8 Å². The number of benzene rings is 2. The predicted molar refractivity (Wildman–Crippen MR) is 106 cm³/mol. The summed E-state index contributed by atoms with van der Waals surface area (Å²) in [4.78, 5) is 29.6. The van der Waals surface area contributed by atoms with E-state index in [1.807, 2.05) is 31.1 Å². The van der Waals surface area contributed by atoms with E-state index in [-0.39, 0.29) is 12.2 Å². The van der Waals surface area contributed by atoms with Crippen LogP contribution in [0.4, 0.5) is 11.4 Å². The van der Waals surface area contributed by atoms with E-state index in [1.165, 1.54) is 23.5 Å². The van der Waals surface area contributed by atoms with Crippen molar-refractivity contribution in [1.29, 1.82) is 0 Å². The topological polar surface area (TPSA) is 80.7 Å². The molecule has 0 saturated heterocycles. The van der Waals surface area contributed by atoms with Gasteiger partial charge in [0.05, 0.1) is 21.7 Å². The number of amides is 1. The Morgan fingerprint density at radius 1 is 1.30 bits per heavy atom. The van der Waals surface area contributed by atoms with Crippen molar-refractivity contribution in [2.24, 2.45) is 4.99 Å². The highest BCUT2D eigenvalue weighted by Crippen LogP contribution is 2.23. The highest BCUT2D eigenvalue weighted by Gasteiger charge is 2.13. The summed E-state index contributed by atoms with van der Waals surface area (Å²) in [5.74, 6) is 2.14. The molecule has 0 bridgehead atoms. The van der Waals surface area contributed by atoms with Crippen molar-refractivity contribution < 1.29 is 9.72 Å². The van der Waals surface area contributed by atoms with Crippen molar-refractivity contribution in [3.8, 4) is 12.3 Å². The number of rotatable bonds is 4. The van der Waals surface area contributed by atoms with Crippen molar-refractivity contribution in [3.05, 3.63) is 62.9 Å². The number of nitro groups is 1. The molecule has 3 rings (SSSR count). The standard InChI is InChI=1S/C19H16N4O3S/c1-4-11-22-16-10-9-15(23(25)26)12-17(16)27-19(22)20-18(24)13-5-7-14(8-6-13)21(2)3/h1,5-10,12H,11H2,2-3H3. The number of nitrogens with zero attached hydrogens (tertiary/aromatic N) is 4. The lowest BCUT2D eigenvalue weighted by Gasteiger charge is -2.11. The van der Waals surface area contributed by atoms with E-state index in [1.54, 1.807) is 22.8 Å². The van der Waals surface area contributed by atoms with Gasteiger partial charge in [-0.2, -0.15) is 4.99 Å². The molecule has 136 valence electrons. The lowest BCUT2D eigenvalue weighted by Crippen LogP contribution is -2.16. The minimum Gasteiger partial charge on any atom is -0.378 e. The summed E-state index contributed by atoms with van der Waals surface area (Å²) in [5, 5.41) is 11.0. The van der Waals surface area contributed by atoms with Crippen molar-refractivity contribution in [2.45, 2.75) is 6.54 Å². The highest BCUT2D eigenvalue weighted by atomic mass is 32.1. The fraction of sp³-hybridized carbons (Fsp3) is 0.158. The first kappa shape index (κ1) is 18.4. The Morgan fingerprint density at radius 3 is 2.59 bits per heavy atom. The van der Waals surface area contributed by atoms with E-state index in [0.29, 0.717) is 20.6 Å². The van der Waals surface area contributed by atoms with Crippen LogP contribution in [0.5, 0.6) is 0 Å². The molecule has 1 amide bonds. The number of thiazole rings is 1. The maximum Gasteiger partial charge on any atom is 0.279 e. The summed E-state index contributed by atoms with van der Waals surface area (Å²) < 4.78 is 2.35. The fourth-order valence-corrected chi connectivity index (χ4v) is 3.62. The number of aromatic nitrogens is 1. The number of carbonyl (C=O) groups is 1.